The minimum atomic E-state index is -0.614. The Morgan fingerprint density at radius 3 is 2.59 bits per heavy atom. The number of esters is 1. The summed E-state index contributed by atoms with van der Waals surface area (Å²) in [7, 11) is 1.35. The molecule has 1 heterocycles. The minimum Gasteiger partial charge on any atom is -0.493 e. The highest BCUT2D eigenvalue weighted by Gasteiger charge is 2.37. The molecule has 1 fully saturated rings. The smallest absolute Gasteiger partial charge is 0.410 e. The largest absolute Gasteiger partial charge is 0.493 e. The second kappa shape index (κ2) is 13.2. The predicted molar refractivity (Wildman–Crippen MR) is 132 cm³/mol. The van der Waals surface area contributed by atoms with Crippen molar-refractivity contribution in [2.24, 2.45) is 0 Å². The molecule has 0 saturated carbocycles. The van der Waals surface area contributed by atoms with E-state index in [4.69, 9.17) is 18.9 Å². The number of amides is 1. The van der Waals surface area contributed by atoms with Gasteiger partial charge in [-0.2, -0.15) is 0 Å². The van der Waals surface area contributed by atoms with Gasteiger partial charge in [0.25, 0.3) is 0 Å². The molecule has 7 heteroatoms. The van der Waals surface area contributed by atoms with E-state index in [0.29, 0.717) is 43.9 Å². The van der Waals surface area contributed by atoms with Crippen LogP contribution in [0.15, 0.2) is 43.5 Å². The van der Waals surface area contributed by atoms with E-state index in [1.807, 2.05) is 32.9 Å². The zero-order valence-electron chi connectivity index (χ0n) is 21.0. The van der Waals surface area contributed by atoms with Crippen LogP contribution in [-0.2, 0) is 14.2 Å². The Kier molecular flexibility index (Phi) is 10.6. The number of likely N-dealkylation sites (tertiary alicyclic amines) is 1. The Labute approximate surface area is 203 Å². The van der Waals surface area contributed by atoms with Crippen LogP contribution in [0.1, 0.15) is 74.8 Å². The van der Waals surface area contributed by atoms with Crippen molar-refractivity contribution in [2.45, 2.75) is 70.6 Å². The van der Waals surface area contributed by atoms with E-state index in [0.717, 1.165) is 24.8 Å². The van der Waals surface area contributed by atoms with Crippen LogP contribution in [0.3, 0.4) is 0 Å². The second-order valence-electron chi connectivity index (χ2n) is 9.34. The molecule has 188 valence electrons. The first kappa shape index (κ1) is 27.4. The summed E-state index contributed by atoms with van der Waals surface area (Å²) in [6.07, 6.45) is 7.18. The number of carbonyl (C=O) groups is 2. The SMILES string of the molecule is C=CCCCCOc1cc(C(=O)OC)ccc1[C@@H]1C[C@@H](OCC=C)CCN1C(=O)OC(C)(C)C. The minimum absolute atomic E-state index is 0.0394. The van der Waals surface area contributed by atoms with Crippen LogP contribution < -0.4 is 4.74 Å². The third-order valence-corrected chi connectivity index (χ3v) is 5.49. The third-order valence-electron chi connectivity index (χ3n) is 5.49. The summed E-state index contributed by atoms with van der Waals surface area (Å²) < 4.78 is 22.7. The van der Waals surface area contributed by atoms with Crippen LogP contribution in [0.25, 0.3) is 0 Å². The van der Waals surface area contributed by atoms with Crippen molar-refractivity contribution in [3.05, 3.63) is 54.6 Å². The lowest BCUT2D eigenvalue weighted by molar-refractivity contribution is -0.0258. The molecule has 0 spiro atoms. The maximum absolute atomic E-state index is 13.1. The van der Waals surface area contributed by atoms with Crippen molar-refractivity contribution in [1.82, 2.24) is 4.90 Å². The van der Waals surface area contributed by atoms with Crippen molar-refractivity contribution in [3.8, 4) is 5.75 Å². The molecule has 1 aliphatic rings. The quantitative estimate of drug-likeness (QED) is 0.228. The number of hydrogen-bond donors (Lipinski definition) is 0. The molecule has 0 unspecified atom stereocenters. The number of carbonyl (C=O) groups excluding carboxylic acids is 2. The Balaban J connectivity index is 2.38. The van der Waals surface area contributed by atoms with E-state index in [1.165, 1.54) is 7.11 Å². The highest BCUT2D eigenvalue weighted by molar-refractivity contribution is 5.90. The number of unbranched alkanes of at least 4 members (excludes halogenated alkanes) is 2. The number of hydrogen-bond acceptors (Lipinski definition) is 6. The fourth-order valence-electron chi connectivity index (χ4n) is 3.87. The van der Waals surface area contributed by atoms with Gasteiger partial charge in [0.15, 0.2) is 0 Å². The Hall–Kier alpha value is -2.80. The van der Waals surface area contributed by atoms with Gasteiger partial charge in [-0.3, -0.25) is 0 Å². The van der Waals surface area contributed by atoms with Crippen LogP contribution in [-0.4, -0.2) is 55.5 Å². The lowest BCUT2D eigenvalue weighted by Crippen LogP contribution is -2.45. The fourth-order valence-corrected chi connectivity index (χ4v) is 3.87. The molecule has 0 aromatic heterocycles. The van der Waals surface area contributed by atoms with E-state index in [9.17, 15) is 9.59 Å². The Morgan fingerprint density at radius 2 is 1.94 bits per heavy atom. The van der Waals surface area contributed by atoms with Gasteiger partial charge in [-0.25, -0.2) is 9.59 Å². The van der Waals surface area contributed by atoms with Gasteiger partial charge in [0, 0.05) is 12.1 Å². The number of nitrogens with zero attached hydrogens (tertiary/aromatic N) is 1. The Morgan fingerprint density at radius 1 is 1.18 bits per heavy atom. The molecule has 1 amide bonds. The molecule has 1 aromatic carbocycles. The van der Waals surface area contributed by atoms with E-state index in [1.54, 1.807) is 23.1 Å². The summed E-state index contributed by atoms with van der Waals surface area (Å²) in [5.74, 6) is 0.118. The maximum Gasteiger partial charge on any atom is 0.410 e. The fraction of sp³-hybridized carbons (Fsp3) is 0.556. The average Bonchev–Trinajstić information content (AvgIpc) is 2.80. The van der Waals surface area contributed by atoms with Crippen LogP contribution >= 0.6 is 0 Å². The second-order valence-corrected chi connectivity index (χ2v) is 9.34. The summed E-state index contributed by atoms with van der Waals surface area (Å²) in [5.41, 5.74) is 0.595. The summed E-state index contributed by atoms with van der Waals surface area (Å²) in [6.45, 7) is 14.4. The molecule has 7 nitrogen and oxygen atoms in total. The normalized spacial score (nSPS) is 18.2. The summed E-state index contributed by atoms with van der Waals surface area (Å²) in [5, 5.41) is 0. The van der Waals surface area contributed by atoms with Crippen LogP contribution in [0.2, 0.25) is 0 Å². The molecule has 2 atom stereocenters. The number of allylic oxidation sites excluding steroid dienone is 1. The maximum atomic E-state index is 13.1. The van der Waals surface area contributed by atoms with Gasteiger partial charge in [-0.05, 0) is 65.0 Å². The van der Waals surface area contributed by atoms with E-state index in [-0.39, 0.29) is 18.2 Å². The Bertz CT molecular complexity index is 844. The van der Waals surface area contributed by atoms with Gasteiger partial charge in [0.05, 0.1) is 38.0 Å². The molecule has 2 rings (SSSR count). The summed E-state index contributed by atoms with van der Waals surface area (Å²) in [4.78, 5) is 27.0. The third kappa shape index (κ3) is 8.20. The van der Waals surface area contributed by atoms with E-state index >= 15 is 0 Å². The van der Waals surface area contributed by atoms with Gasteiger partial charge in [0.2, 0.25) is 0 Å². The van der Waals surface area contributed by atoms with Crippen LogP contribution in [0.5, 0.6) is 5.75 Å². The molecular formula is C27H39NO6. The molecule has 0 radical (unpaired) electrons. The van der Waals surface area contributed by atoms with Crippen molar-refractivity contribution >= 4 is 12.1 Å². The zero-order chi connectivity index (χ0) is 25.1. The topological polar surface area (TPSA) is 74.3 Å². The standard InChI is InChI=1S/C27H39NO6/c1-7-9-10-11-17-33-24-18-20(25(29)31-6)12-13-22(24)23-19-21(32-16-8-2)14-15-28(23)26(30)34-27(3,4)5/h7-8,12-13,18,21,23H,1-2,9-11,14-17,19H2,3-6H3/t21-,23-/m0/s1. The van der Waals surface area contributed by atoms with E-state index < -0.39 is 11.6 Å². The van der Waals surface area contributed by atoms with Gasteiger partial charge < -0.3 is 23.8 Å². The predicted octanol–water partition coefficient (Wildman–Crippen LogP) is 5.85. The lowest BCUT2D eigenvalue weighted by atomic mass is 9.92. The van der Waals surface area contributed by atoms with Crippen LogP contribution in [0, 0.1) is 0 Å². The molecular weight excluding hydrogens is 434 g/mol. The number of methoxy groups -OCH3 is 1. The highest BCUT2D eigenvalue weighted by Crippen LogP contribution is 2.39. The van der Waals surface area contributed by atoms with Crippen molar-refractivity contribution in [3.63, 3.8) is 0 Å². The molecule has 1 aromatic rings. The summed E-state index contributed by atoms with van der Waals surface area (Å²) >= 11 is 0. The molecule has 0 aliphatic carbocycles. The number of ether oxygens (including phenoxy) is 4. The molecule has 34 heavy (non-hydrogen) atoms. The van der Waals surface area contributed by atoms with Gasteiger partial charge in [-0.15, -0.1) is 13.2 Å². The highest BCUT2D eigenvalue weighted by atomic mass is 16.6. The molecule has 1 aliphatic heterocycles. The summed E-state index contributed by atoms with van der Waals surface area (Å²) in [6, 6.07) is 4.90. The molecule has 0 N–H and O–H groups in total. The van der Waals surface area contributed by atoms with Gasteiger partial charge in [-0.1, -0.05) is 18.2 Å². The zero-order valence-corrected chi connectivity index (χ0v) is 21.0. The van der Waals surface area contributed by atoms with Gasteiger partial charge >= 0.3 is 12.1 Å². The van der Waals surface area contributed by atoms with Crippen molar-refractivity contribution in [2.75, 3.05) is 26.9 Å². The van der Waals surface area contributed by atoms with Crippen molar-refractivity contribution < 1.29 is 28.5 Å². The van der Waals surface area contributed by atoms with Gasteiger partial charge in [0.1, 0.15) is 11.4 Å². The van der Waals surface area contributed by atoms with Crippen molar-refractivity contribution in [1.29, 1.82) is 0 Å². The molecule has 1 saturated heterocycles. The number of rotatable bonds is 11. The first-order valence-electron chi connectivity index (χ1n) is 11.9. The van der Waals surface area contributed by atoms with Crippen LogP contribution in [0.4, 0.5) is 4.79 Å². The lowest BCUT2D eigenvalue weighted by Gasteiger charge is -2.40. The number of benzene rings is 1. The molecule has 0 bridgehead atoms. The average molecular weight is 474 g/mol. The van der Waals surface area contributed by atoms with E-state index in [2.05, 4.69) is 13.2 Å². The first-order chi connectivity index (χ1) is 16.2. The number of piperidine rings is 1. The monoisotopic (exact) mass is 473 g/mol. The first-order valence-corrected chi connectivity index (χ1v) is 11.9.